The van der Waals surface area contributed by atoms with Gasteiger partial charge in [-0.25, -0.2) is 4.79 Å². The first kappa shape index (κ1) is 11.7. The molecule has 0 bridgehead atoms. The van der Waals surface area contributed by atoms with Gasteiger partial charge in [-0.3, -0.25) is 4.68 Å². The lowest BCUT2D eigenvalue weighted by Gasteiger charge is -2.03. The van der Waals surface area contributed by atoms with Crippen LogP contribution in [0.2, 0.25) is 5.02 Å². The van der Waals surface area contributed by atoms with E-state index in [1.54, 1.807) is 17.7 Å². The lowest BCUT2D eigenvalue weighted by Crippen LogP contribution is -2.01. The Kier molecular flexibility index (Phi) is 3.15. The molecular weight excluding hydrogens is 240 g/mol. The fourth-order valence-corrected chi connectivity index (χ4v) is 1.81. The summed E-state index contributed by atoms with van der Waals surface area (Å²) in [5.74, 6) is -0.965. The molecule has 0 saturated heterocycles. The summed E-state index contributed by atoms with van der Waals surface area (Å²) in [6.07, 6.45) is 1.51. The van der Waals surface area contributed by atoms with Gasteiger partial charge in [0, 0.05) is 11.2 Å². The van der Waals surface area contributed by atoms with E-state index in [4.69, 9.17) is 16.7 Å². The normalized spacial score (nSPS) is 10.5. The van der Waals surface area contributed by atoms with Crippen LogP contribution in [-0.2, 0) is 6.54 Å². The van der Waals surface area contributed by atoms with E-state index in [1.165, 1.54) is 6.20 Å². The maximum absolute atomic E-state index is 10.9. The first-order chi connectivity index (χ1) is 8.08. The highest BCUT2D eigenvalue weighted by molar-refractivity contribution is 6.31. The summed E-state index contributed by atoms with van der Waals surface area (Å²) in [6, 6.07) is 7.42. The maximum Gasteiger partial charge on any atom is 0.339 e. The van der Waals surface area contributed by atoms with E-state index in [-0.39, 0.29) is 5.56 Å². The van der Waals surface area contributed by atoms with Crippen molar-refractivity contribution in [3.05, 3.63) is 52.3 Å². The Morgan fingerprint density at radius 3 is 2.76 bits per heavy atom. The molecule has 0 radical (unpaired) electrons. The smallest absolute Gasteiger partial charge is 0.339 e. The molecule has 1 aromatic heterocycles. The van der Waals surface area contributed by atoms with Crippen molar-refractivity contribution in [2.24, 2.45) is 0 Å². The molecule has 0 aliphatic heterocycles. The lowest BCUT2D eigenvalue weighted by molar-refractivity contribution is 0.0696. The van der Waals surface area contributed by atoms with E-state index in [1.807, 2.05) is 18.2 Å². The standard InChI is InChI=1S/C12H11ClN2O2/c1-8-10(12(16)17)7-15(14-8)6-9-4-2-3-5-11(9)13/h2-5,7H,6H2,1H3,(H,16,17). The van der Waals surface area contributed by atoms with Crippen LogP contribution in [-0.4, -0.2) is 20.9 Å². The molecule has 88 valence electrons. The van der Waals surface area contributed by atoms with Gasteiger partial charge in [-0.15, -0.1) is 0 Å². The van der Waals surface area contributed by atoms with Crippen molar-refractivity contribution in [1.82, 2.24) is 9.78 Å². The summed E-state index contributed by atoms with van der Waals surface area (Å²) in [5, 5.41) is 13.7. The number of aromatic nitrogens is 2. The first-order valence-corrected chi connectivity index (χ1v) is 5.46. The minimum Gasteiger partial charge on any atom is -0.478 e. The molecular formula is C12H11ClN2O2. The second-order valence-corrected chi connectivity index (χ2v) is 4.13. The third-order valence-electron chi connectivity index (χ3n) is 2.47. The van der Waals surface area contributed by atoms with Crippen molar-refractivity contribution in [3.8, 4) is 0 Å². The van der Waals surface area contributed by atoms with Crippen molar-refractivity contribution in [3.63, 3.8) is 0 Å². The molecule has 0 fully saturated rings. The van der Waals surface area contributed by atoms with E-state index in [0.717, 1.165) is 5.56 Å². The first-order valence-electron chi connectivity index (χ1n) is 5.08. The molecule has 17 heavy (non-hydrogen) atoms. The van der Waals surface area contributed by atoms with Crippen molar-refractivity contribution in [2.75, 3.05) is 0 Å². The molecule has 0 unspecified atom stereocenters. The van der Waals surface area contributed by atoms with Gasteiger partial charge in [0.05, 0.1) is 12.2 Å². The molecule has 4 nitrogen and oxygen atoms in total. The molecule has 2 rings (SSSR count). The number of benzene rings is 1. The van der Waals surface area contributed by atoms with Crippen LogP contribution >= 0.6 is 11.6 Å². The average molecular weight is 251 g/mol. The summed E-state index contributed by atoms with van der Waals surface area (Å²) in [4.78, 5) is 10.9. The quantitative estimate of drug-likeness (QED) is 0.911. The molecule has 5 heteroatoms. The van der Waals surface area contributed by atoms with Crippen molar-refractivity contribution >= 4 is 17.6 Å². The van der Waals surface area contributed by atoms with E-state index in [2.05, 4.69) is 5.10 Å². The highest BCUT2D eigenvalue weighted by Gasteiger charge is 2.12. The lowest BCUT2D eigenvalue weighted by atomic mass is 10.2. The van der Waals surface area contributed by atoms with Crippen LogP contribution in [0.1, 0.15) is 21.6 Å². The van der Waals surface area contributed by atoms with Crippen LogP contribution in [0.15, 0.2) is 30.5 Å². The predicted molar refractivity (Wildman–Crippen MR) is 64.5 cm³/mol. The van der Waals surface area contributed by atoms with E-state index >= 15 is 0 Å². The summed E-state index contributed by atoms with van der Waals surface area (Å²) >= 11 is 6.03. The number of nitrogens with zero attached hydrogens (tertiary/aromatic N) is 2. The summed E-state index contributed by atoms with van der Waals surface area (Å²) in [5.41, 5.74) is 1.63. The summed E-state index contributed by atoms with van der Waals surface area (Å²) in [7, 11) is 0. The van der Waals surface area contributed by atoms with Gasteiger partial charge >= 0.3 is 5.97 Å². The molecule has 1 heterocycles. The molecule has 0 amide bonds. The van der Waals surface area contributed by atoms with Gasteiger partial charge in [-0.2, -0.15) is 5.10 Å². The van der Waals surface area contributed by atoms with Crippen LogP contribution in [0.5, 0.6) is 0 Å². The molecule has 0 spiro atoms. The number of hydrogen-bond acceptors (Lipinski definition) is 2. The van der Waals surface area contributed by atoms with Gasteiger partial charge in [0.1, 0.15) is 5.56 Å². The number of rotatable bonds is 3. The highest BCUT2D eigenvalue weighted by Crippen LogP contribution is 2.16. The number of aromatic carboxylic acids is 1. The maximum atomic E-state index is 10.9. The van der Waals surface area contributed by atoms with Crippen molar-refractivity contribution in [1.29, 1.82) is 0 Å². The number of carboxylic acid groups (broad SMARTS) is 1. The van der Waals surface area contributed by atoms with Gasteiger partial charge in [0.2, 0.25) is 0 Å². The zero-order valence-electron chi connectivity index (χ0n) is 9.22. The topological polar surface area (TPSA) is 55.1 Å². The second kappa shape index (κ2) is 4.59. The Bertz CT molecular complexity index is 563. The number of aryl methyl sites for hydroxylation is 1. The van der Waals surface area contributed by atoms with Gasteiger partial charge < -0.3 is 5.11 Å². The fraction of sp³-hybridized carbons (Fsp3) is 0.167. The Balaban J connectivity index is 2.28. The number of carboxylic acids is 1. The molecule has 0 atom stereocenters. The SMILES string of the molecule is Cc1nn(Cc2ccccc2Cl)cc1C(=O)O. The van der Waals surface area contributed by atoms with E-state index in [0.29, 0.717) is 17.3 Å². The zero-order valence-corrected chi connectivity index (χ0v) is 9.98. The number of hydrogen-bond donors (Lipinski definition) is 1. The van der Waals surface area contributed by atoms with Crippen LogP contribution < -0.4 is 0 Å². The number of halogens is 1. The zero-order chi connectivity index (χ0) is 12.4. The van der Waals surface area contributed by atoms with Crippen LogP contribution in [0.3, 0.4) is 0 Å². The van der Waals surface area contributed by atoms with Gasteiger partial charge in [0.15, 0.2) is 0 Å². The largest absolute Gasteiger partial charge is 0.478 e. The van der Waals surface area contributed by atoms with Crippen LogP contribution in [0.25, 0.3) is 0 Å². The molecule has 0 saturated carbocycles. The Labute approximate surface area is 103 Å². The van der Waals surface area contributed by atoms with Crippen molar-refractivity contribution in [2.45, 2.75) is 13.5 Å². The third-order valence-corrected chi connectivity index (χ3v) is 2.84. The third kappa shape index (κ3) is 2.47. The Morgan fingerprint density at radius 2 is 2.18 bits per heavy atom. The van der Waals surface area contributed by atoms with Crippen molar-refractivity contribution < 1.29 is 9.90 Å². The molecule has 0 aliphatic rings. The minimum absolute atomic E-state index is 0.219. The van der Waals surface area contributed by atoms with Gasteiger partial charge in [-0.1, -0.05) is 29.8 Å². The molecule has 2 aromatic rings. The fourth-order valence-electron chi connectivity index (χ4n) is 1.61. The van der Waals surface area contributed by atoms with E-state index < -0.39 is 5.97 Å². The Hall–Kier alpha value is -1.81. The van der Waals surface area contributed by atoms with Gasteiger partial charge in [0.25, 0.3) is 0 Å². The predicted octanol–water partition coefficient (Wildman–Crippen LogP) is 2.59. The Morgan fingerprint density at radius 1 is 1.47 bits per heavy atom. The minimum atomic E-state index is -0.965. The monoisotopic (exact) mass is 250 g/mol. The highest BCUT2D eigenvalue weighted by atomic mass is 35.5. The summed E-state index contributed by atoms with van der Waals surface area (Å²) < 4.78 is 1.58. The van der Waals surface area contributed by atoms with E-state index in [9.17, 15) is 4.79 Å². The second-order valence-electron chi connectivity index (χ2n) is 3.72. The van der Waals surface area contributed by atoms with Gasteiger partial charge in [-0.05, 0) is 18.6 Å². The number of carbonyl (C=O) groups is 1. The van der Waals surface area contributed by atoms with Crippen LogP contribution in [0, 0.1) is 6.92 Å². The molecule has 1 aromatic carbocycles. The van der Waals surface area contributed by atoms with Crippen LogP contribution in [0.4, 0.5) is 0 Å². The molecule has 0 aliphatic carbocycles. The average Bonchev–Trinajstić information content (AvgIpc) is 2.63. The molecule has 1 N–H and O–H groups in total. The summed E-state index contributed by atoms with van der Waals surface area (Å²) in [6.45, 7) is 2.14.